The molecule has 4 nitrogen and oxygen atoms in total. The number of piperidine rings is 1. The molecule has 2 fully saturated rings. The molecule has 0 unspecified atom stereocenters. The molecule has 0 saturated carbocycles. The number of amides is 1. The molecule has 0 aromatic carbocycles. The normalized spacial score (nSPS) is 23.2. The lowest BCUT2D eigenvalue weighted by Gasteiger charge is -2.34. The van der Waals surface area contributed by atoms with Crippen LogP contribution in [0.5, 0.6) is 0 Å². The number of likely N-dealkylation sites (tertiary alicyclic amines) is 1. The Morgan fingerprint density at radius 3 is 1.90 bits per heavy atom. The molecule has 4 heteroatoms. The van der Waals surface area contributed by atoms with Gasteiger partial charge in [0.05, 0.1) is 0 Å². The molecule has 0 aliphatic carbocycles. The fraction of sp³-hybridized carbons (Fsp3) is 0.938. The van der Waals surface area contributed by atoms with E-state index >= 15 is 0 Å². The average molecular weight is 281 g/mol. The lowest BCUT2D eigenvalue weighted by atomic mass is 9.99. The van der Waals surface area contributed by atoms with Crippen molar-refractivity contribution >= 4 is 5.91 Å². The molecule has 0 spiro atoms. The molecule has 2 heterocycles. The van der Waals surface area contributed by atoms with Crippen LogP contribution in [0.2, 0.25) is 0 Å². The molecule has 0 N–H and O–H groups in total. The van der Waals surface area contributed by atoms with Gasteiger partial charge in [0.2, 0.25) is 5.91 Å². The molecule has 0 aromatic heterocycles. The minimum absolute atomic E-state index is 0.226. The van der Waals surface area contributed by atoms with Gasteiger partial charge in [-0.1, -0.05) is 6.92 Å². The summed E-state index contributed by atoms with van der Waals surface area (Å²) >= 11 is 0. The van der Waals surface area contributed by atoms with Gasteiger partial charge in [0.15, 0.2) is 0 Å². The molecule has 2 rings (SSSR count). The van der Waals surface area contributed by atoms with Crippen LogP contribution in [-0.2, 0) is 4.79 Å². The highest BCUT2D eigenvalue weighted by Gasteiger charge is 2.18. The van der Waals surface area contributed by atoms with Crippen LogP contribution in [0.25, 0.3) is 0 Å². The lowest BCUT2D eigenvalue weighted by Crippen LogP contribution is -2.48. The van der Waals surface area contributed by atoms with Gasteiger partial charge in [-0.3, -0.25) is 9.69 Å². The topological polar surface area (TPSA) is 26.8 Å². The van der Waals surface area contributed by atoms with Crippen molar-refractivity contribution < 1.29 is 4.79 Å². The van der Waals surface area contributed by atoms with Crippen molar-refractivity contribution in [3.05, 3.63) is 0 Å². The first-order valence-corrected chi connectivity index (χ1v) is 8.35. The second-order valence-corrected chi connectivity index (χ2v) is 6.58. The highest BCUT2D eigenvalue weighted by molar-refractivity contribution is 5.73. The molecule has 0 atom stereocenters. The van der Waals surface area contributed by atoms with Crippen molar-refractivity contribution in [2.45, 2.75) is 39.5 Å². The summed E-state index contributed by atoms with van der Waals surface area (Å²) in [6.45, 7) is 13.1. The minimum atomic E-state index is 0.226. The summed E-state index contributed by atoms with van der Waals surface area (Å²) in [5.41, 5.74) is 0. The number of piperazine rings is 1. The zero-order chi connectivity index (χ0) is 14.4. The van der Waals surface area contributed by atoms with Gasteiger partial charge in [-0.2, -0.15) is 0 Å². The van der Waals surface area contributed by atoms with E-state index in [1.54, 1.807) is 6.92 Å². The largest absolute Gasteiger partial charge is 0.340 e. The lowest BCUT2D eigenvalue weighted by molar-refractivity contribution is -0.130. The zero-order valence-corrected chi connectivity index (χ0v) is 13.3. The SMILES string of the molecule is CC(=O)N1CCN(CCCCN2CCC(C)CC2)CC1. The van der Waals surface area contributed by atoms with Crippen molar-refractivity contribution in [3.63, 3.8) is 0 Å². The Labute approximate surface area is 124 Å². The van der Waals surface area contributed by atoms with Gasteiger partial charge in [0.25, 0.3) is 0 Å². The first kappa shape index (κ1) is 15.8. The summed E-state index contributed by atoms with van der Waals surface area (Å²) in [5.74, 6) is 1.16. The summed E-state index contributed by atoms with van der Waals surface area (Å²) < 4.78 is 0. The number of hydrogen-bond acceptors (Lipinski definition) is 3. The smallest absolute Gasteiger partial charge is 0.219 e. The van der Waals surface area contributed by atoms with E-state index < -0.39 is 0 Å². The summed E-state index contributed by atoms with van der Waals surface area (Å²) in [6.07, 6.45) is 5.38. The Hall–Kier alpha value is -0.610. The zero-order valence-electron chi connectivity index (χ0n) is 13.3. The van der Waals surface area contributed by atoms with Gasteiger partial charge in [-0.25, -0.2) is 0 Å². The van der Waals surface area contributed by atoms with Gasteiger partial charge in [0, 0.05) is 33.1 Å². The van der Waals surface area contributed by atoms with E-state index in [2.05, 4.69) is 16.7 Å². The quantitative estimate of drug-likeness (QED) is 0.717. The predicted octanol–water partition coefficient (Wildman–Crippen LogP) is 1.66. The second-order valence-electron chi connectivity index (χ2n) is 6.58. The first-order valence-electron chi connectivity index (χ1n) is 8.35. The van der Waals surface area contributed by atoms with Gasteiger partial charge < -0.3 is 9.80 Å². The van der Waals surface area contributed by atoms with Crippen LogP contribution in [0.15, 0.2) is 0 Å². The fourth-order valence-corrected chi connectivity index (χ4v) is 3.24. The van der Waals surface area contributed by atoms with Crippen molar-refractivity contribution in [1.29, 1.82) is 0 Å². The summed E-state index contributed by atoms with van der Waals surface area (Å²) in [6, 6.07) is 0. The number of rotatable bonds is 5. The van der Waals surface area contributed by atoms with Crippen molar-refractivity contribution in [1.82, 2.24) is 14.7 Å². The summed E-state index contributed by atoms with van der Waals surface area (Å²) in [4.78, 5) is 18.4. The number of carbonyl (C=O) groups excluding carboxylic acids is 1. The van der Waals surface area contributed by atoms with Crippen molar-refractivity contribution in [3.8, 4) is 0 Å². The monoisotopic (exact) mass is 281 g/mol. The molecule has 1 amide bonds. The molecule has 116 valence electrons. The van der Waals surface area contributed by atoms with Crippen LogP contribution in [0, 0.1) is 5.92 Å². The second kappa shape index (κ2) is 7.99. The molecular weight excluding hydrogens is 250 g/mol. The predicted molar refractivity (Wildman–Crippen MR) is 82.8 cm³/mol. The Kier molecular flexibility index (Phi) is 6.30. The molecule has 2 aliphatic heterocycles. The maximum Gasteiger partial charge on any atom is 0.219 e. The summed E-state index contributed by atoms with van der Waals surface area (Å²) in [7, 11) is 0. The molecule has 2 aliphatic rings. The third kappa shape index (κ3) is 5.06. The van der Waals surface area contributed by atoms with Crippen LogP contribution < -0.4 is 0 Å². The van der Waals surface area contributed by atoms with E-state index in [-0.39, 0.29) is 5.91 Å². The number of carbonyl (C=O) groups is 1. The van der Waals surface area contributed by atoms with Crippen LogP contribution in [-0.4, -0.2) is 73.0 Å². The minimum Gasteiger partial charge on any atom is -0.340 e. The van der Waals surface area contributed by atoms with Crippen LogP contribution in [0.1, 0.15) is 39.5 Å². The first-order chi connectivity index (χ1) is 9.65. The van der Waals surface area contributed by atoms with E-state index in [4.69, 9.17) is 0 Å². The van der Waals surface area contributed by atoms with Crippen LogP contribution in [0.4, 0.5) is 0 Å². The van der Waals surface area contributed by atoms with Gasteiger partial charge in [-0.15, -0.1) is 0 Å². The van der Waals surface area contributed by atoms with E-state index in [0.717, 1.165) is 32.1 Å². The highest BCUT2D eigenvalue weighted by atomic mass is 16.2. The van der Waals surface area contributed by atoms with Crippen LogP contribution in [0.3, 0.4) is 0 Å². The number of nitrogens with zero attached hydrogens (tertiary/aromatic N) is 3. The van der Waals surface area contributed by atoms with E-state index in [1.807, 2.05) is 4.90 Å². The maximum atomic E-state index is 11.3. The fourth-order valence-electron chi connectivity index (χ4n) is 3.24. The van der Waals surface area contributed by atoms with Crippen molar-refractivity contribution in [2.75, 3.05) is 52.4 Å². The van der Waals surface area contributed by atoms with E-state index in [0.29, 0.717) is 0 Å². The molecule has 0 aromatic rings. The highest BCUT2D eigenvalue weighted by Crippen LogP contribution is 2.16. The van der Waals surface area contributed by atoms with Gasteiger partial charge >= 0.3 is 0 Å². The van der Waals surface area contributed by atoms with Gasteiger partial charge in [-0.05, 0) is 57.8 Å². The standard InChI is InChI=1S/C16H31N3O/c1-15-5-9-17(10-6-15)7-3-4-8-18-11-13-19(14-12-18)16(2)20/h15H,3-14H2,1-2H3. The molecule has 0 radical (unpaired) electrons. The van der Waals surface area contributed by atoms with E-state index in [1.165, 1.54) is 51.9 Å². The third-order valence-electron chi connectivity index (χ3n) is 4.89. The van der Waals surface area contributed by atoms with Gasteiger partial charge in [0.1, 0.15) is 0 Å². The van der Waals surface area contributed by atoms with E-state index in [9.17, 15) is 4.79 Å². The molecule has 20 heavy (non-hydrogen) atoms. The van der Waals surface area contributed by atoms with Crippen LogP contribution >= 0.6 is 0 Å². The Morgan fingerprint density at radius 1 is 0.900 bits per heavy atom. The van der Waals surface area contributed by atoms with Crippen molar-refractivity contribution in [2.24, 2.45) is 5.92 Å². The Bertz CT molecular complexity index is 292. The number of unbranched alkanes of at least 4 members (excludes halogenated alkanes) is 1. The average Bonchev–Trinajstić information content (AvgIpc) is 2.46. The number of hydrogen-bond donors (Lipinski definition) is 0. The Morgan fingerprint density at radius 2 is 1.40 bits per heavy atom. The molecular formula is C16H31N3O. The summed E-state index contributed by atoms with van der Waals surface area (Å²) in [5, 5.41) is 0. The molecule has 0 bridgehead atoms. The third-order valence-corrected chi connectivity index (χ3v) is 4.89. The molecule has 2 saturated heterocycles. The maximum absolute atomic E-state index is 11.3. The Balaban J connectivity index is 1.50.